The lowest BCUT2D eigenvalue weighted by Gasteiger charge is -2.06. The maximum Gasteiger partial charge on any atom is 0.221 e. The van der Waals surface area contributed by atoms with Gasteiger partial charge in [-0.25, -0.2) is 0 Å². The molecule has 0 heterocycles. The first-order valence-electron chi connectivity index (χ1n) is 6.97. The molecule has 4 heteroatoms. The smallest absolute Gasteiger partial charge is 0.221 e. The first-order chi connectivity index (χ1) is 10.5. The fourth-order valence-electron chi connectivity index (χ4n) is 2.01. The van der Waals surface area contributed by atoms with Crippen LogP contribution in [0.25, 0.3) is 12.2 Å². The summed E-state index contributed by atoms with van der Waals surface area (Å²) in [6.45, 7) is 2.97. The molecule has 0 bridgehead atoms. The molecule has 0 aliphatic carbocycles. The molecule has 0 radical (unpaired) electrons. The minimum Gasteiger partial charge on any atom is -0.326 e. The minimum absolute atomic E-state index is 0.0903. The van der Waals surface area contributed by atoms with Gasteiger partial charge in [0.25, 0.3) is 0 Å². The third-order valence-corrected chi connectivity index (χ3v) is 2.96. The van der Waals surface area contributed by atoms with Gasteiger partial charge < -0.3 is 10.6 Å². The Hall–Kier alpha value is -2.88. The number of amides is 2. The molecule has 0 spiro atoms. The highest BCUT2D eigenvalue weighted by Crippen LogP contribution is 2.19. The zero-order valence-corrected chi connectivity index (χ0v) is 12.6. The Morgan fingerprint density at radius 2 is 1.45 bits per heavy atom. The van der Waals surface area contributed by atoms with Crippen LogP contribution < -0.4 is 10.6 Å². The zero-order valence-electron chi connectivity index (χ0n) is 12.6. The van der Waals surface area contributed by atoms with E-state index in [1.807, 2.05) is 60.7 Å². The van der Waals surface area contributed by atoms with Crippen molar-refractivity contribution in [2.24, 2.45) is 0 Å². The zero-order chi connectivity index (χ0) is 15.9. The van der Waals surface area contributed by atoms with Gasteiger partial charge >= 0.3 is 0 Å². The van der Waals surface area contributed by atoms with Crippen molar-refractivity contribution in [3.05, 3.63) is 59.7 Å². The fourth-order valence-corrected chi connectivity index (χ4v) is 2.01. The Morgan fingerprint density at radius 3 is 2.09 bits per heavy atom. The molecule has 2 rings (SSSR count). The van der Waals surface area contributed by atoms with Crippen LogP contribution in [0.5, 0.6) is 0 Å². The SMILES string of the molecule is CC(=O)Nc1ccc(/C=C/c2ccccc2NC(C)=O)cc1. The summed E-state index contributed by atoms with van der Waals surface area (Å²) in [6.07, 6.45) is 3.90. The Labute approximate surface area is 129 Å². The van der Waals surface area contributed by atoms with E-state index >= 15 is 0 Å². The predicted molar refractivity (Wildman–Crippen MR) is 90.4 cm³/mol. The highest BCUT2D eigenvalue weighted by molar-refractivity contribution is 5.92. The molecule has 0 unspecified atom stereocenters. The molecule has 0 aliphatic rings. The quantitative estimate of drug-likeness (QED) is 0.843. The third-order valence-electron chi connectivity index (χ3n) is 2.96. The summed E-state index contributed by atoms with van der Waals surface area (Å²) in [5.41, 5.74) is 3.49. The number of anilines is 2. The number of carbonyl (C=O) groups is 2. The average Bonchev–Trinajstić information content (AvgIpc) is 2.47. The van der Waals surface area contributed by atoms with Crippen molar-refractivity contribution >= 4 is 35.3 Å². The van der Waals surface area contributed by atoms with Gasteiger partial charge in [0.05, 0.1) is 0 Å². The van der Waals surface area contributed by atoms with Crippen molar-refractivity contribution < 1.29 is 9.59 Å². The van der Waals surface area contributed by atoms with Gasteiger partial charge in [-0.1, -0.05) is 42.5 Å². The minimum atomic E-state index is -0.0967. The Kier molecular flexibility index (Phi) is 5.09. The van der Waals surface area contributed by atoms with E-state index in [1.165, 1.54) is 13.8 Å². The van der Waals surface area contributed by atoms with E-state index < -0.39 is 0 Å². The molecule has 0 fully saturated rings. The summed E-state index contributed by atoms with van der Waals surface area (Å²) < 4.78 is 0. The van der Waals surface area contributed by atoms with Crippen LogP contribution in [0.1, 0.15) is 25.0 Å². The van der Waals surface area contributed by atoms with Crippen LogP contribution in [0, 0.1) is 0 Å². The second kappa shape index (κ2) is 7.22. The summed E-state index contributed by atoms with van der Waals surface area (Å²) in [5, 5.41) is 5.53. The number of benzene rings is 2. The van der Waals surface area contributed by atoms with Gasteiger partial charge in [0.15, 0.2) is 0 Å². The monoisotopic (exact) mass is 294 g/mol. The Morgan fingerprint density at radius 1 is 0.818 bits per heavy atom. The van der Waals surface area contributed by atoms with Gasteiger partial charge in [-0.05, 0) is 29.3 Å². The van der Waals surface area contributed by atoms with Crippen molar-refractivity contribution in [2.75, 3.05) is 10.6 Å². The predicted octanol–water partition coefficient (Wildman–Crippen LogP) is 3.77. The van der Waals surface area contributed by atoms with E-state index in [1.54, 1.807) is 0 Å². The molecule has 2 aromatic carbocycles. The van der Waals surface area contributed by atoms with Gasteiger partial charge in [-0.3, -0.25) is 9.59 Å². The topological polar surface area (TPSA) is 58.2 Å². The summed E-state index contributed by atoms with van der Waals surface area (Å²) in [4.78, 5) is 22.2. The van der Waals surface area contributed by atoms with E-state index in [2.05, 4.69) is 10.6 Å². The highest BCUT2D eigenvalue weighted by Gasteiger charge is 2.00. The third kappa shape index (κ3) is 4.59. The summed E-state index contributed by atoms with van der Waals surface area (Å²) in [6, 6.07) is 15.1. The van der Waals surface area contributed by atoms with E-state index in [0.29, 0.717) is 0 Å². The standard InChI is InChI=1S/C18H18N2O2/c1-13(21)19-17-11-8-15(9-12-17)7-10-16-5-3-4-6-18(16)20-14(2)22/h3-12H,1-2H3,(H,19,21)(H,20,22)/b10-7+. The molecule has 0 aliphatic heterocycles. The van der Waals surface area contributed by atoms with Crippen LogP contribution in [-0.2, 0) is 9.59 Å². The second-order valence-corrected chi connectivity index (χ2v) is 4.90. The largest absolute Gasteiger partial charge is 0.326 e. The maximum atomic E-state index is 11.2. The number of nitrogens with one attached hydrogen (secondary N) is 2. The van der Waals surface area contributed by atoms with E-state index in [4.69, 9.17) is 0 Å². The van der Waals surface area contributed by atoms with E-state index in [-0.39, 0.29) is 11.8 Å². The number of carbonyl (C=O) groups excluding carboxylic acids is 2. The first kappa shape index (κ1) is 15.5. The molecule has 0 atom stereocenters. The number of hydrogen-bond acceptors (Lipinski definition) is 2. The average molecular weight is 294 g/mol. The van der Waals surface area contributed by atoms with Crippen molar-refractivity contribution in [1.82, 2.24) is 0 Å². The molecule has 0 aromatic heterocycles. The van der Waals surface area contributed by atoms with E-state index in [9.17, 15) is 9.59 Å². The van der Waals surface area contributed by atoms with Crippen LogP contribution in [0.3, 0.4) is 0 Å². The van der Waals surface area contributed by atoms with Crippen molar-refractivity contribution in [3.63, 3.8) is 0 Å². The first-order valence-corrected chi connectivity index (χ1v) is 6.97. The molecule has 2 aromatic rings. The van der Waals surface area contributed by atoms with Crippen molar-refractivity contribution in [1.29, 1.82) is 0 Å². The molecule has 2 N–H and O–H groups in total. The number of hydrogen-bond donors (Lipinski definition) is 2. The number of para-hydroxylation sites is 1. The summed E-state index contributed by atoms with van der Waals surface area (Å²) in [5.74, 6) is -0.187. The van der Waals surface area contributed by atoms with Gasteiger partial charge in [-0.2, -0.15) is 0 Å². The second-order valence-electron chi connectivity index (χ2n) is 4.90. The molecular weight excluding hydrogens is 276 g/mol. The van der Waals surface area contributed by atoms with Gasteiger partial charge in [0, 0.05) is 25.2 Å². The molecule has 112 valence electrons. The molecule has 0 saturated carbocycles. The van der Waals surface area contributed by atoms with Crippen LogP contribution in [0.15, 0.2) is 48.5 Å². The van der Waals surface area contributed by atoms with Crippen LogP contribution in [-0.4, -0.2) is 11.8 Å². The van der Waals surface area contributed by atoms with Gasteiger partial charge in [-0.15, -0.1) is 0 Å². The molecule has 22 heavy (non-hydrogen) atoms. The Balaban J connectivity index is 2.15. The lowest BCUT2D eigenvalue weighted by molar-refractivity contribution is -0.115. The van der Waals surface area contributed by atoms with Crippen LogP contribution in [0.2, 0.25) is 0 Å². The van der Waals surface area contributed by atoms with E-state index in [0.717, 1.165) is 22.5 Å². The lowest BCUT2D eigenvalue weighted by Crippen LogP contribution is -2.06. The summed E-state index contributed by atoms with van der Waals surface area (Å²) >= 11 is 0. The fraction of sp³-hybridized carbons (Fsp3) is 0.111. The molecule has 4 nitrogen and oxygen atoms in total. The maximum absolute atomic E-state index is 11.2. The molecular formula is C18H18N2O2. The normalized spacial score (nSPS) is 10.5. The van der Waals surface area contributed by atoms with Crippen LogP contribution in [0.4, 0.5) is 11.4 Å². The van der Waals surface area contributed by atoms with Gasteiger partial charge in [0.2, 0.25) is 11.8 Å². The Bertz CT molecular complexity index is 703. The van der Waals surface area contributed by atoms with Crippen molar-refractivity contribution in [3.8, 4) is 0 Å². The van der Waals surface area contributed by atoms with Crippen LogP contribution >= 0.6 is 0 Å². The lowest BCUT2D eigenvalue weighted by atomic mass is 10.1. The summed E-state index contributed by atoms with van der Waals surface area (Å²) in [7, 11) is 0. The molecule has 0 saturated heterocycles. The highest BCUT2D eigenvalue weighted by atomic mass is 16.2. The van der Waals surface area contributed by atoms with Gasteiger partial charge in [0.1, 0.15) is 0 Å². The molecule has 2 amide bonds. The number of rotatable bonds is 4. The van der Waals surface area contributed by atoms with Crippen molar-refractivity contribution in [2.45, 2.75) is 13.8 Å².